The van der Waals surface area contributed by atoms with Gasteiger partial charge in [0.2, 0.25) is 0 Å². The van der Waals surface area contributed by atoms with Gasteiger partial charge in [-0.1, -0.05) is 54.6 Å². The molecule has 1 unspecified atom stereocenters. The van der Waals surface area contributed by atoms with Crippen molar-refractivity contribution in [2.45, 2.75) is 26.9 Å². The van der Waals surface area contributed by atoms with Gasteiger partial charge >= 0.3 is 0 Å². The topological polar surface area (TPSA) is 32.8 Å². The number of nitrogens with zero attached hydrogens (tertiary/aromatic N) is 2. The molecule has 148 valence electrons. The maximum Gasteiger partial charge on any atom is 0.263 e. The summed E-state index contributed by atoms with van der Waals surface area (Å²) >= 11 is 0. The Hall–Kier alpha value is -2.59. The summed E-state index contributed by atoms with van der Waals surface area (Å²) in [5, 5.41) is 0. The van der Waals surface area contributed by atoms with E-state index < -0.39 is 6.10 Å². The summed E-state index contributed by atoms with van der Waals surface area (Å²) in [5.74, 6) is 0.867. The van der Waals surface area contributed by atoms with Crippen LogP contribution >= 0.6 is 0 Å². The van der Waals surface area contributed by atoms with Gasteiger partial charge in [-0.15, -0.1) is 0 Å². The molecule has 1 saturated heterocycles. The van der Waals surface area contributed by atoms with E-state index in [2.05, 4.69) is 35.3 Å². The summed E-state index contributed by atoms with van der Waals surface area (Å²) in [7, 11) is 0. The molecule has 4 heteroatoms. The highest BCUT2D eigenvalue weighted by Gasteiger charge is 2.26. The monoisotopic (exact) mass is 378 g/mol. The minimum Gasteiger partial charge on any atom is -0.481 e. The van der Waals surface area contributed by atoms with Crippen LogP contribution in [0.3, 0.4) is 0 Å². The zero-order valence-corrected chi connectivity index (χ0v) is 17.1. The molecule has 1 atom stereocenters. The molecule has 1 aliphatic heterocycles. The minimum absolute atomic E-state index is 0.0698. The molecule has 1 fully saturated rings. The minimum atomic E-state index is -0.468. The Bertz CT molecular complexity index is 809. The quantitative estimate of drug-likeness (QED) is 0.764. The molecule has 0 aromatic heterocycles. The van der Waals surface area contributed by atoms with Crippen LogP contribution in [0.2, 0.25) is 0 Å². The van der Waals surface area contributed by atoms with Crippen LogP contribution in [0.15, 0.2) is 54.6 Å². The average molecular weight is 379 g/mol. The third-order valence-electron chi connectivity index (χ3n) is 5.15. The van der Waals surface area contributed by atoms with E-state index in [9.17, 15) is 4.79 Å². The molecule has 1 heterocycles. The highest BCUT2D eigenvalue weighted by Crippen LogP contribution is 2.21. The van der Waals surface area contributed by atoms with Gasteiger partial charge in [0, 0.05) is 32.7 Å². The molecule has 3 rings (SSSR count). The van der Waals surface area contributed by atoms with Crippen molar-refractivity contribution in [3.05, 3.63) is 71.3 Å². The van der Waals surface area contributed by atoms with Crippen molar-refractivity contribution in [3.63, 3.8) is 0 Å². The maximum atomic E-state index is 12.8. The predicted molar refractivity (Wildman–Crippen MR) is 115 cm³/mol. The molecule has 0 aliphatic carbocycles. The summed E-state index contributed by atoms with van der Waals surface area (Å²) < 4.78 is 5.97. The number of rotatable bonds is 6. The fourth-order valence-electron chi connectivity index (χ4n) is 3.39. The normalized spacial score (nSPS) is 16.3. The number of benzene rings is 2. The standard InChI is InChI=1S/C24H30N2O2/c1-19-11-12-20(2)23(18-19)28-21(3)24(27)26-16-14-25(15-17-26)13-7-10-22-8-5-4-6-9-22/h4-12,18,21H,13-17H2,1-3H3/b10-7+. The molecular formula is C24H30N2O2. The first kappa shape index (κ1) is 20.2. The van der Waals surface area contributed by atoms with Crippen LogP contribution in [0, 0.1) is 13.8 Å². The van der Waals surface area contributed by atoms with Gasteiger partial charge < -0.3 is 9.64 Å². The zero-order valence-electron chi connectivity index (χ0n) is 17.1. The Morgan fingerprint density at radius 2 is 1.79 bits per heavy atom. The predicted octanol–water partition coefficient (Wildman–Crippen LogP) is 3.93. The number of ether oxygens (including phenoxy) is 1. The van der Waals surface area contributed by atoms with E-state index in [0.29, 0.717) is 0 Å². The smallest absolute Gasteiger partial charge is 0.263 e. The van der Waals surface area contributed by atoms with Crippen LogP contribution in [0.25, 0.3) is 6.08 Å². The molecule has 0 N–H and O–H groups in total. The highest BCUT2D eigenvalue weighted by molar-refractivity contribution is 5.81. The van der Waals surface area contributed by atoms with Gasteiger partial charge in [0.1, 0.15) is 5.75 Å². The Labute approximate surface area is 168 Å². The lowest BCUT2D eigenvalue weighted by atomic mass is 10.1. The molecule has 4 nitrogen and oxygen atoms in total. The van der Waals surface area contributed by atoms with Gasteiger partial charge in [0.25, 0.3) is 5.91 Å². The number of piperazine rings is 1. The van der Waals surface area contributed by atoms with E-state index in [-0.39, 0.29) is 5.91 Å². The highest BCUT2D eigenvalue weighted by atomic mass is 16.5. The first-order valence-corrected chi connectivity index (χ1v) is 9.99. The lowest BCUT2D eigenvalue weighted by Gasteiger charge is -2.35. The fourth-order valence-corrected chi connectivity index (χ4v) is 3.39. The molecule has 28 heavy (non-hydrogen) atoms. The van der Waals surface area contributed by atoms with Crippen molar-refractivity contribution in [1.82, 2.24) is 9.80 Å². The van der Waals surface area contributed by atoms with Gasteiger partial charge in [-0.05, 0) is 43.5 Å². The SMILES string of the molecule is Cc1ccc(C)c(OC(C)C(=O)N2CCN(C/C=C/c3ccccc3)CC2)c1. The van der Waals surface area contributed by atoms with E-state index >= 15 is 0 Å². The molecule has 0 radical (unpaired) electrons. The van der Waals surface area contributed by atoms with Crippen molar-refractivity contribution in [3.8, 4) is 5.75 Å². The van der Waals surface area contributed by atoms with Crippen LogP contribution in [0.5, 0.6) is 5.75 Å². The Morgan fingerprint density at radius 3 is 2.50 bits per heavy atom. The van der Waals surface area contributed by atoms with E-state index in [1.54, 1.807) is 0 Å². The Morgan fingerprint density at radius 1 is 1.07 bits per heavy atom. The summed E-state index contributed by atoms with van der Waals surface area (Å²) in [5.41, 5.74) is 3.41. The average Bonchev–Trinajstić information content (AvgIpc) is 2.71. The van der Waals surface area contributed by atoms with Gasteiger partial charge in [-0.3, -0.25) is 9.69 Å². The van der Waals surface area contributed by atoms with Gasteiger partial charge in [-0.2, -0.15) is 0 Å². The number of aryl methyl sites for hydroxylation is 2. The summed E-state index contributed by atoms with van der Waals surface area (Å²) in [6, 6.07) is 16.4. The second-order valence-electron chi connectivity index (χ2n) is 7.47. The van der Waals surface area contributed by atoms with Crippen LogP contribution in [-0.4, -0.2) is 54.5 Å². The van der Waals surface area contributed by atoms with Crippen molar-refractivity contribution < 1.29 is 9.53 Å². The summed E-state index contributed by atoms with van der Waals surface area (Å²) in [6.07, 6.45) is 3.88. The molecular weight excluding hydrogens is 348 g/mol. The van der Waals surface area contributed by atoms with Crippen molar-refractivity contribution in [2.75, 3.05) is 32.7 Å². The first-order chi connectivity index (χ1) is 13.5. The molecule has 2 aromatic carbocycles. The fraction of sp³-hybridized carbons (Fsp3) is 0.375. The summed E-state index contributed by atoms with van der Waals surface area (Å²) in [6.45, 7) is 10.1. The number of amides is 1. The number of hydrogen-bond acceptors (Lipinski definition) is 3. The molecule has 0 saturated carbocycles. The third kappa shape index (κ3) is 5.46. The Balaban J connectivity index is 1.46. The lowest BCUT2D eigenvalue weighted by molar-refractivity contribution is -0.139. The number of carbonyl (C=O) groups is 1. The lowest BCUT2D eigenvalue weighted by Crippen LogP contribution is -2.51. The molecule has 0 bridgehead atoms. The third-order valence-corrected chi connectivity index (χ3v) is 5.15. The van der Waals surface area contributed by atoms with Gasteiger partial charge in [-0.25, -0.2) is 0 Å². The van der Waals surface area contributed by atoms with Crippen molar-refractivity contribution >= 4 is 12.0 Å². The number of hydrogen-bond donors (Lipinski definition) is 0. The van der Waals surface area contributed by atoms with Gasteiger partial charge in [0.05, 0.1) is 0 Å². The molecule has 2 aromatic rings. The molecule has 0 spiro atoms. The van der Waals surface area contributed by atoms with Crippen LogP contribution in [0.4, 0.5) is 0 Å². The Kier molecular flexibility index (Phi) is 6.88. The first-order valence-electron chi connectivity index (χ1n) is 9.99. The van der Waals surface area contributed by atoms with Crippen LogP contribution in [0.1, 0.15) is 23.6 Å². The van der Waals surface area contributed by atoms with Crippen molar-refractivity contribution in [2.24, 2.45) is 0 Å². The van der Waals surface area contributed by atoms with E-state index in [4.69, 9.17) is 4.74 Å². The number of carbonyl (C=O) groups excluding carboxylic acids is 1. The summed E-state index contributed by atoms with van der Waals surface area (Å²) in [4.78, 5) is 17.1. The van der Waals surface area contributed by atoms with Crippen LogP contribution in [-0.2, 0) is 4.79 Å². The van der Waals surface area contributed by atoms with Gasteiger partial charge in [0.15, 0.2) is 6.10 Å². The molecule has 1 aliphatic rings. The van der Waals surface area contributed by atoms with E-state index in [1.807, 2.05) is 56.0 Å². The second-order valence-corrected chi connectivity index (χ2v) is 7.47. The molecule has 1 amide bonds. The maximum absolute atomic E-state index is 12.8. The van der Waals surface area contributed by atoms with Crippen molar-refractivity contribution in [1.29, 1.82) is 0 Å². The zero-order chi connectivity index (χ0) is 19.9. The largest absolute Gasteiger partial charge is 0.481 e. The van der Waals surface area contributed by atoms with E-state index in [1.165, 1.54) is 5.56 Å². The van der Waals surface area contributed by atoms with E-state index in [0.717, 1.165) is 49.6 Å². The second kappa shape index (κ2) is 9.56. The van der Waals surface area contributed by atoms with Crippen LogP contribution < -0.4 is 4.74 Å².